The molecule has 6 rings (SSSR count). The number of nitrogens with one attached hydrogen (secondary N) is 1. The van der Waals surface area contributed by atoms with E-state index in [0.717, 1.165) is 32.6 Å². The zero-order valence-electron chi connectivity index (χ0n) is 20.2. The fraction of sp³-hybridized carbons (Fsp3) is 0.107. The molecule has 0 spiro atoms. The predicted molar refractivity (Wildman–Crippen MR) is 138 cm³/mol. The van der Waals surface area contributed by atoms with Gasteiger partial charge in [0, 0.05) is 29.1 Å². The van der Waals surface area contributed by atoms with Crippen molar-refractivity contribution < 1.29 is 13.5 Å². The highest BCUT2D eigenvalue weighted by atomic mass is 19.2. The third-order valence-electron chi connectivity index (χ3n) is 6.45. The van der Waals surface area contributed by atoms with Gasteiger partial charge in [0.05, 0.1) is 30.6 Å². The van der Waals surface area contributed by atoms with E-state index in [1.165, 1.54) is 6.20 Å². The van der Waals surface area contributed by atoms with Crippen LogP contribution in [0.15, 0.2) is 76.6 Å². The maximum atomic E-state index is 14.3. The molecule has 0 saturated heterocycles. The molecule has 2 aromatic heterocycles. The number of nitrogens with zero attached hydrogens (tertiary/aromatic N) is 5. The number of aromatic nitrogens is 4. The summed E-state index contributed by atoms with van der Waals surface area (Å²) in [4.78, 5) is 35.5. The molecule has 0 fully saturated rings. The van der Waals surface area contributed by atoms with Crippen molar-refractivity contribution >= 4 is 22.4 Å². The van der Waals surface area contributed by atoms with Crippen LogP contribution in [-0.2, 0) is 13.0 Å². The molecule has 9 nitrogen and oxygen atoms in total. The van der Waals surface area contributed by atoms with Crippen molar-refractivity contribution in [3.63, 3.8) is 0 Å². The first-order valence-corrected chi connectivity index (χ1v) is 11.9. The minimum absolute atomic E-state index is 0.114. The second-order valence-electron chi connectivity index (χ2n) is 8.90. The minimum Gasteiger partial charge on any atom is -0.493 e. The normalized spacial score (nSPS) is 12.1. The number of hydrogen-bond donors (Lipinski definition) is 1. The smallest absolute Gasteiger partial charge is 0.359 e. The summed E-state index contributed by atoms with van der Waals surface area (Å²) in [6, 6.07) is 16.1. The molecule has 3 heterocycles. The Morgan fingerprint density at radius 3 is 2.77 bits per heavy atom. The standard InChI is InChI=1S/C28H18F2N6O3/c29-22-10-16(9-19(12-31)25(22)30)15-35-26(33-20-5-6-24-17(11-20)7-8-39-24)34-27(37)36(28(35)38)23-14-32-13-18-3-1-2-4-21(18)23/h1-6,9-11,13-14H,7-8,15H2,(H,33,34,37). The Kier molecular flexibility index (Phi) is 5.84. The number of rotatable bonds is 5. The largest absolute Gasteiger partial charge is 0.493 e. The van der Waals surface area contributed by atoms with E-state index in [4.69, 9.17) is 4.74 Å². The van der Waals surface area contributed by atoms with Gasteiger partial charge in [-0.3, -0.25) is 9.55 Å². The van der Waals surface area contributed by atoms with Crippen LogP contribution >= 0.6 is 0 Å². The average Bonchev–Trinajstić information content (AvgIpc) is 3.41. The molecule has 0 radical (unpaired) electrons. The molecular weight excluding hydrogens is 506 g/mol. The van der Waals surface area contributed by atoms with Crippen LogP contribution in [0.5, 0.6) is 5.75 Å². The quantitative estimate of drug-likeness (QED) is 0.372. The molecule has 39 heavy (non-hydrogen) atoms. The number of fused-ring (bicyclic) bond motifs is 2. The fourth-order valence-corrected chi connectivity index (χ4v) is 4.61. The topological polar surface area (TPSA) is 115 Å². The van der Waals surface area contributed by atoms with E-state index in [9.17, 15) is 23.6 Å². The minimum atomic E-state index is -1.28. The number of nitriles is 1. The van der Waals surface area contributed by atoms with Gasteiger partial charge < -0.3 is 10.1 Å². The van der Waals surface area contributed by atoms with Gasteiger partial charge >= 0.3 is 11.4 Å². The summed E-state index contributed by atoms with van der Waals surface area (Å²) in [7, 11) is 0. The Bertz CT molecular complexity index is 1940. The summed E-state index contributed by atoms with van der Waals surface area (Å²) in [5, 5.41) is 13.5. The third kappa shape index (κ3) is 4.27. The summed E-state index contributed by atoms with van der Waals surface area (Å²) in [6.07, 6.45) is 3.69. The molecule has 5 aromatic rings. The second-order valence-corrected chi connectivity index (χ2v) is 8.90. The van der Waals surface area contributed by atoms with E-state index in [2.05, 4.69) is 15.3 Å². The zero-order valence-corrected chi connectivity index (χ0v) is 20.2. The maximum absolute atomic E-state index is 14.3. The number of benzene rings is 3. The second kappa shape index (κ2) is 9.50. The number of anilines is 2. The molecule has 1 aliphatic rings. The van der Waals surface area contributed by atoms with E-state index in [1.54, 1.807) is 48.7 Å². The molecule has 0 unspecified atom stereocenters. The molecule has 0 saturated carbocycles. The van der Waals surface area contributed by atoms with Crippen molar-refractivity contribution in [2.75, 3.05) is 11.9 Å². The lowest BCUT2D eigenvalue weighted by Crippen LogP contribution is -2.42. The lowest BCUT2D eigenvalue weighted by atomic mass is 10.1. The maximum Gasteiger partial charge on any atom is 0.359 e. The number of ether oxygens (including phenoxy) is 1. The van der Waals surface area contributed by atoms with Crippen molar-refractivity contribution in [1.82, 2.24) is 19.1 Å². The Balaban J connectivity index is 1.54. The van der Waals surface area contributed by atoms with Crippen LogP contribution in [0, 0.1) is 23.0 Å². The SMILES string of the molecule is N#Cc1cc(Cn2c(Nc3ccc4c(c3)CCO4)nc(=O)n(-c3cncc4ccccc34)c2=O)cc(F)c1F. The van der Waals surface area contributed by atoms with Gasteiger partial charge in [-0.1, -0.05) is 24.3 Å². The van der Waals surface area contributed by atoms with Gasteiger partial charge in [0.25, 0.3) is 0 Å². The Morgan fingerprint density at radius 2 is 1.92 bits per heavy atom. The molecule has 192 valence electrons. The molecule has 3 aromatic carbocycles. The van der Waals surface area contributed by atoms with E-state index in [1.807, 2.05) is 6.07 Å². The third-order valence-corrected chi connectivity index (χ3v) is 6.45. The van der Waals surface area contributed by atoms with Crippen molar-refractivity contribution in [3.8, 4) is 17.5 Å². The summed E-state index contributed by atoms with van der Waals surface area (Å²) < 4.78 is 35.8. The highest BCUT2D eigenvalue weighted by Crippen LogP contribution is 2.29. The molecule has 0 aliphatic carbocycles. The van der Waals surface area contributed by atoms with Crippen LogP contribution in [0.3, 0.4) is 0 Å². The van der Waals surface area contributed by atoms with E-state index in [-0.39, 0.29) is 23.7 Å². The van der Waals surface area contributed by atoms with Gasteiger partial charge in [-0.25, -0.2) is 22.9 Å². The van der Waals surface area contributed by atoms with Crippen LogP contribution in [-0.4, -0.2) is 25.7 Å². The lowest BCUT2D eigenvalue weighted by molar-refractivity contribution is 0.357. The highest BCUT2D eigenvalue weighted by molar-refractivity contribution is 5.89. The van der Waals surface area contributed by atoms with Crippen molar-refractivity contribution in [3.05, 3.63) is 116 Å². The molecule has 1 N–H and O–H groups in total. The average molecular weight is 524 g/mol. The van der Waals surface area contributed by atoms with Gasteiger partial charge in [-0.2, -0.15) is 10.2 Å². The fourth-order valence-electron chi connectivity index (χ4n) is 4.61. The lowest BCUT2D eigenvalue weighted by Gasteiger charge is -2.17. The van der Waals surface area contributed by atoms with Gasteiger partial charge in [-0.15, -0.1) is 0 Å². The Hall–Kier alpha value is -5.37. The summed E-state index contributed by atoms with van der Waals surface area (Å²) >= 11 is 0. The monoisotopic (exact) mass is 524 g/mol. The predicted octanol–water partition coefficient (Wildman–Crippen LogP) is 3.82. The first kappa shape index (κ1) is 24.0. The molecule has 1 aliphatic heterocycles. The molecule has 0 atom stereocenters. The Labute approximate surface area is 219 Å². The molecule has 0 amide bonds. The van der Waals surface area contributed by atoms with Crippen LogP contribution in [0.2, 0.25) is 0 Å². The van der Waals surface area contributed by atoms with Gasteiger partial charge in [0.2, 0.25) is 5.95 Å². The number of halogens is 2. The zero-order chi connectivity index (χ0) is 27.1. The van der Waals surface area contributed by atoms with Crippen molar-refractivity contribution in [1.29, 1.82) is 5.26 Å². The van der Waals surface area contributed by atoms with Crippen LogP contribution in [0.1, 0.15) is 16.7 Å². The number of pyridine rings is 1. The van der Waals surface area contributed by atoms with Crippen LogP contribution in [0.25, 0.3) is 16.5 Å². The first-order chi connectivity index (χ1) is 18.9. The van der Waals surface area contributed by atoms with E-state index < -0.39 is 28.6 Å². The van der Waals surface area contributed by atoms with Gasteiger partial charge in [0.1, 0.15) is 11.8 Å². The van der Waals surface area contributed by atoms with Gasteiger partial charge in [0.15, 0.2) is 11.6 Å². The van der Waals surface area contributed by atoms with E-state index >= 15 is 0 Å². The summed E-state index contributed by atoms with van der Waals surface area (Å²) in [6.45, 7) is 0.237. The molecular formula is C28H18F2N6O3. The highest BCUT2D eigenvalue weighted by Gasteiger charge is 2.20. The first-order valence-electron chi connectivity index (χ1n) is 11.9. The van der Waals surface area contributed by atoms with Crippen LogP contribution in [0.4, 0.5) is 20.4 Å². The summed E-state index contributed by atoms with van der Waals surface area (Å²) in [5.41, 5.74) is -0.316. The Morgan fingerprint density at radius 1 is 1.08 bits per heavy atom. The number of hydrogen-bond acceptors (Lipinski definition) is 7. The van der Waals surface area contributed by atoms with Gasteiger partial charge in [-0.05, 0) is 41.5 Å². The summed E-state index contributed by atoms with van der Waals surface area (Å²) in [5.74, 6) is -1.88. The molecule has 0 bridgehead atoms. The van der Waals surface area contributed by atoms with Crippen molar-refractivity contribution in [2.24, 2.45) is 0 Å². The van der Waals surface area contributed by atoms with Crippen molar-refractivity contribution in [2.45, 2.75) is 13.0 Å². The molecule has 11 heteroatoms. The van der Waals surface area contributed by atoms with E-state index in [0.29, 0.717) is 29.5 Å². The van der Waals surface area contributed by atoms with Crippen LogP contribution < -0.4 is 21.4 Å².